The first-order valence-corrected chi connectivity index (χ1v) is 8.76. The Kier molecular flexibility index (Phi) is 5.92. The fraction of sp³-hybridized carbons (Fsp3) is 0.500. The van der Waals surface area contributed by atoms with Crippen LogP contribution in [-0.2, 0) is 9.53 Å². The molecule has 26 heavy (non-hydrogen) atoms. The Hall–Kier alpha value is -2.79. The van der Waals surface area contributed by atoms with Crippen LogP contribution < -0.4 is 5.32 Å². The SMILES string of the molecule is N#C/C(=C/N1CCN(C(=O)c2ccco2)CC1)C(=O)NCC1CCCO1. The molecule has 0 aliphatic carbocycles. The molecule has 3 heterocycles. The van der Waals surface area contributed by atoms with Gasteiger partial charge in [0.2, 0.25) is 0 Å². The number of amides is 2. The van der Waals surface area contributed by atoms with Gasteiger partial charge in [-0.05, 0) is 25.0 Å². The van der Waals surface area contributed by atoms with E-state index in [2.05, 4.69) is 5.32 Å². The molecule has 1 unspecified atom stereocenters. The average molecular weight is 358 g/mol. The van der Waals surface area contributed by atoms with Crippen LogP contribution in [0.4, 0.5) is 0 Å². The zero-order valence-electron chi connectivity index (χ0n) is 14.5. The smallest absolute Gasteiger partial charge is 0.289 e. The highest BCUT2D eigenvalue weighted by Crippen LogP contribution is 2.12. The molecule has 0 radical (unpaired) electrons. The number of hydrogen-bond donors (Lipinski definition) is 1. The van der Waals surface area contributed by atoms with Crippen LogP contribution in [0.1, 0.15) is 23.4 Å². The van der Waals surface area contributed by atoms with E-state index in [-0.39, 0.29) is 17.6 Å². The number of nitrogens with zero attached hydrogens (tertiary/aromatic N) is 3. The number of nitrogens with one attached hydrogen (secondary N) is 1. The van der Waals surface area contributed by atoms with Gasteiger partial charge in [0.1, 0.15) is 11.6 Å². The Morgan fingerprint density at radius 3 is 2.77 bits per heavy atom. The first-order valence-electron chi connectivity index (χ1n) is 8.76. The maximum absolute atomic E-state index is 12.2. The number of piperazine rings is 1. The van der Waals surface area contributed by atoms with Crippen molar-refractivity contribution < 1.29 is 18.7 Å². The number of rotatable bonds is 5. The van der Waals surface area contributed by atoms with Crippen LogP contribution >= 0.6 is 0 Å². The molecule has 8 nitrogen and oxygen atoms in total. The van der Waals surface area contributed by atoms with Gasteiger partial charge in [0.05, 0.1) is 12.4 Å². The van der Waals surface area contributed by atoms with E-state index in [1.165, 1.54) is 6.26 Å². The second-order valence-electron chi connectivity index (χ2n) is 6.31. The first-order chi connectivity index (χ1) is 12.7. The summed E-state index contributed by atoms with van der Waals surface area (Å²) in [5.41, 5.74) is 0.0637. The summed E-state index contributed by atoms with van der Waals surface area (Å²) < 4.78 is 10.6. The van der Waals surface area contributed by atoms with E-state index in [4.69, 9.17) is 9.15 Å². The third kappa shape index (κ3) is 4.43. The minimum atomic E-state index is -0.392. The van der Waals surface area contributed by atoms with Crippen LogP contribution in [0.15, 0.2) is 34.6 Å². The Morgan fingerprint density at radius 2 is 2.15 bits per heavy atom. The van der Waals surface area contributed by atoms with E-state index < -0.39 is 5.91 Å². The zero-order chi connectivity index (χ0) is 18.4. The number of carbonyl (C=O) groups excluding carboxylic acids is 2. The van der Waals surface area contributed by atoms with Crippen LogP contribution in [0.25, 0.3) is 0 Å². The molecule has 1 atom stereocenters. The van der Waals surface area contributed by atoms with Crippen molar-refractivity contribution in [1.82, 2.24) is 15.1 Å². The molecule has 138 valence electrons. The van der Waals surface area contributed by atoms with Gasteiger partial charge >= 0.3 is 0 Å². The number of hydrogen-bond acceptors (Lipinski definition) is 6. The summed E-state index contributed by atoms with van der Waals surface area (Å²) in [4.78, 5) is 28.0. The third-order valence-corrected chi connectivity index (χ3v) is 4.52. The van der Waals surface area contributed by atoms with Gasteiger partial charge in [-0.25, -0.2) is 0 Å². The molecule has 1 N–H and O–H groups in total. The lowest BCUT2D eigenvalue weighted by Crippen LogP contribution is -2.47. The number of carbonyl (C=O) groups is 2. The largest absolute Gasteiger partial charge is 0.459 e. The maximum Gasteiger partial charge on any atom is 0.289 e. The van der Waals surface area contributed by atoms with Gasteiger partial charge in [-0.1, -0.05) is 0 Å². The number of furan rings is 1. The van der Waals surface area contributed by atoms with E-state index in [0.717, 1.165) is 19.4 Å². The van der Waals surface area contributed by atoms with Crippen molar-refractivity contribution in [2.24, 2.45) is 0 Å². The molecule has 2 saturated heterocycles. The quantitative estimate of drug-likeness (QED) is 0.616. The van der Waals surface area contributed by atoms with E-state index >= 15 is 0 Å². The summed E-state index contributed by atoms with van der Waals surface area (Å²) in [5, 5.41) is 12.0. The number of nitriles is 1. The molecule has 0 aromatic carbocycles. The minimum absolute atomic E-state index is 0.0371. The Morgan fingerprint density at radius 1 is 1.35 bits per heavy atom. The van der Waals surface area contributed by atoms with Gasteiger partial charge in [0.15, 0.2) is 5.76 Å². The summed E-state index contributed by atoms with van der Waals surface area (Å²) >= 11 is 0. The van der Waals surface area contributed by atoms with Gasteiger partial charge in [-0.3, -0.25) is 9.59 Å². The van der Waals surface area contributed by atoms with Gasteiger partial charge in [-0.15, -0.1) is 0 Å². The van der Waals surface area contributed by atoms with Crippen LogP contribution in [0, 0.1) is 11.3 Å². The molecule has 3 rings (SSSR count). The topological polar surface area (TPSA) is 98.8 Å². The first kappa shape index (κ1) is 18.0. The van der Waals surface area contributed by atoms with Crippen molar-refractivity contribution in [3.63, 3.8) is 0 Å². The predicted octanol–water partition coefficient (Wildman–Crippen LogP) is 0.740. The molecule has 1 aromatic heterocycles. The number of ether oxygens (including phenoxy) is 1. The van der Waals surface area contributed by atoms with Gasteiger partial charge < -0.3 is 24.3 Å². The highest BCUT2D eigenvalue weighted by Gasteiger charge is 2.23. The zero-order valence-corrected chi connectivity index (χ0v) is 14.5. The van der Waals surface area contributed by atoms with Gasteiger partial charge in [-0.2, -0.15) is 5.26 Å². The van der Waals surface area contributed by atoms with Crippen LogP contribution in [-0.4, -0.2) is 67.0 Å². The van der Waals surface area contributed by atoms with Crippen LogP contribution in [0.3, 0.4) is 0 Å². The lowest BCUT2D eigenvalue weighted by atomic mass is 10.2. The molecular formula is C18H22N4O4. The second kappa shape index (κ2) is 8.54. The van der Waals surface area contributed by atoms with Gasteiger partial charge in [0, 0.05) is 45.5 Å². The van der Waals surface area contributed by atoms with Gasteiger partial charge in [0.25, 0.3) is 11.8 Å². The fourth-order valence-electron chi connectivity index (χ4n) is 3.04. The molecule has 2 aliphatic heterocycles. The van der Waals surface area contributed by atoms with E-state index in [0.29, 0.717) is 38.5 Å². The molecule has 2 fully saturated rings. The Labute approximate surface area is 152 Å². The van der Waals surface area contributed by atoms with E-state index in [1.807, 2.05) is 11.0 Å². The summed E-state index contributed by atoms with van der Waals surface area (Å²) in [6, 6.07) is 5.27. The van der Waals surface area contributed by atoms with Crippen molar-refractivity contribution in [1.29, 1.82) is 5.26 Å². The lowest BCUT2D eigenvalue weighted by Gasteiger charge is -2.33. The third-order valence-electron chi connectivity index (χ3n) is 4.52. The normalized spacial score (nSPS) is 20.7. The maximum atomic E-state index is 12.2. The van der Waals surface area contributed by atoms with Crippen molar-refractivity contribution in [2.75, 3.05) is 39.3 Å². The summed E-state index contributed by atoms with van der Waals surface area (Å²) in [5.74, 6) is -0.217. The predicted molar refractivity (Wildman–Crippen MR) is 91.9 cm³/mol. The molecule has 1 aromatic rings. The minimum Gasteiger partial charge on any atom is -0.459 e. The summed E-state index contributed by atoms with van der Waals surface area (Å²) in [6.45, 7) is 3.26. The second-order valence-corrected chi connectivity index (χ2v) is 6.31. The standard InChI is InChI=1S/C18H22N4O4/c19-11-14(17(23)20-12-15-3-1-9-25-15)13-21-5-7-22(8-6-21)18(24)16-4-2-10-26-16/h2,4,10,13,15H,1,3,5-9,12H2,(H,20,23)/b14-13-. The molecule has 0 spiro atoms. The summed E-state index contributed by atoms with van der Waals surface area (Å²) in [7, 11) is 0. The lowest BCUT2D eigenvalue weighted by molar-refractivity contribution is -0.117. The Bertz CT molecular complexity index is 693. The average Bonchev–Trinajstić information content (AvgIpc) is 3.38. The van der Waals surface area contributed by atoms with Crippen LogP contribution in [0.2, 0.25) is 0 Å². The van der Waals surface area contributed by atoms with Crippen molar-refractivity contribution in [3.05, 3.63) is 35.9 Å². The van der Waals surface area contributed by atoms with Crippen LogP contribution in [0.5, 0.6) is 0 Å². The van der Waals surface area contributed by atoms with E-state index in [1.54, 1.807) is 23.2 Å². The van der Waals surface area contributed by atoms with Crippen molar-refractivity contribution in [3.8, 4) is 6.07 Å². The molecule has 8 heteroatoms. The molecular weight excluding hydrogens is 336 g/mol. The molecule has 0 bridgehead atoms. The monoisotopic (exact) mass is 358 g/mol. The molecule has 2 amide bonds. The summed E-state index contributed by atoms with van der Waals surface area (Å²) in [6.07, 6.45) is 5.01. The molecule has 0 saturated carbocycles. The highest BCUT2D eigenvalue weighted by atomic mass is 16.5. The highest BCUT2D eigenvalue weighted by molar-refractivity contribution is 5.97. The molecule has 2 aliphatic rings. The Balaban J connectivity index is 1.49. The van der Waals surface area contributed by atoms with Crippen molar-refractivity contribution >= 4 is 11.8 Å². The fourth-order valence-corrected chi connectivity index (χ4v) is 3.04. The van der Waals surface area contributed by atoms with E-state index in [9.17, 15) is 14.9 Å². The van der Waals surface area contributed by atoms with Crippen molar-refractivity contribution in [2.45, 2.75) is 18.9 Å².